The second-order valence-electron chi connectivity index (χ2n) is 4.56. The molecule has 0 aliphatic rings. The van der Waals surface area contributed by atoms with E-state index >= 15 is 0 Å². The van der Waals surface area contributed by atoms with Crippen molar-refractivity contribution in [3.05, 3.63) is 65.2 Å². The Kier molecular flexibility index (Phi) is 5.38. The summed E-state index contributed by atoms with van der Waals surface area (Å²) in [5.74, 6) is -1.76. The monoisotopic (exact) mass is 330 g/mol. The first-order valence-electron chi connectivity index (χ1n) is 6.63. The number of benzene rings is 2. The van der Waals surface area contributed by atoms with E-state index in [0.29, 0.717) is 16.5 Å². The molecule has 0 atom stereocenters. The molecular formula is C17H13ClNO4-. The molecule has 23 heavy (non-hydrogen) atoms. The predicted molar refractivity (Wildman–Crippen MR) is 86.1 cm³/mol. The highest BCUT2D eigenvalue weighted by molar-refractivity contribution is 6.45. The van der Waals surface area contributed by atoms with Gasteiger partial charge < -0.3 is 15.2 Å². The third-order valence-electron chi connectivity index (χ3n) is 2.96. The Labute approximate surface area is 138 Å². The SMILES string of the molecule is COc1ccc(NC(=O)C(=O)/C=C(\[O-])c2ccc(Cl)cc2)cc1. The van der Waals surface area contributed by atoms with Gasteiger partial charge in [-0.25, -0.2) is 0 Å². The quantitative estimate of drug-likeness (QED) is 0.518. The van der Waals surface area contributed by atoms with Crippen LogP contribution in [0.15, 0.2) is 54.6 Å². The summed E-state index contributed by atoms with van der Waals surface area (Å²) in [6.45, 7) is 0. The van der Waals surface area contributed by atoms with Gasteiger partial charge in [0.15, 0.2) is 0 Å². The number of methoxy groups -OCH3 is 1. The first kappa shape index (κ1) is 16.6. The number of carbonyl (C=O) groups is 2. The van der Waals surface area contributed by atoms with Crippen LogP contribution in [-0.2, 0) is 9.59 Å². The molecule has 2 rings (SSSR count). The molecule has 6 heteroatoms. The van der Waals surface area contributed by atoms with Crippen molar-refractivity contribution in [3.8, 4) is 5.75 Å². The zero-order valence-electron chi connectivity index (χ0n) is 12.2. The van der Waals surface area contributed by atoms with Gasteiger partial charge in [0.25, 0.3) is 5.91 Å². The van der Waals surface area contributed by atoms with E-state index in [0.717, 1.165) is 6.08 Å². The number of halogens is 1. The molecule has 0 aliphatic carbocycles. The molecule has 0 spiro atoms. The van der Waals surface area contributed by atoms with Crippen LogP contribution in [0.3, 0.4) is 0 Å². The average molecular weight is 331 g/mol. The summed E-state index contributed by atoms with van der Waals surface area (Å²) in [5, 5.41) is 14.8. The molecule has 1 amide bonds. The fraction of sp³-hybridized carbons (Fsp3) is 0.0588. The van der Waals surface area contributed by atoms with E-state index in [4.69, 9.17) is 16.3 Å². The lowest BCUT2D eigenvalue weighted by molar-refractivity contribution is -0.243. The molecule has 1 N–H and O–H groups in total. The number of hydrogen-bond acceptors (Lipinski definition) is 4. The molecule has 0 fully saturated rings. The molecule has 5 nitrogen and oxygen atoms in total. The van der Waals surface area contributed by atoms with Crippen LogP contribution < -0.4 is 15.2 Å². The second-order valence-corrected chi connectivity index (χ2v) is 5.00. The minimum absolute atomic E-state index is 0.278. The zero-order chi connectivity index (χ0) is 16.8. The largest absolute Gasteiger partial charge is 0.872 e. The fourth-order valence-electron chi connectivity index (χ4n) is 1.75. The average Bonchev–Trinajstić information content (AvgIpc) is 2.56. The van der Waals surface area contributed by atoms with Crippen molar-refractivity contribution in [2.75, 3.05) is 12.4 Å². The highest BCUT2D eigenvalue weighted by Crippen LogP contribution is 2.16. The Morgan fingerprint density at radius 3 is 2.26 bits per heavy atom. The van der Waals surface area contributed by atoms with Gasteiger partial charge in [-0.1, -0.05) is 29.5 Å². The van der Waals surface area contributed by atoms with Crippen LogP contribution in [0.4, 0.5) is 5.69 Å². The van der Waals surface area contributed by atoms with Gasteiger partial charge in [0.1, 0.15) is 5.75 Å². The molecular weight excluding hydrogens is 318 g/mol. The minimum atomic E-state index is -0.930. The maximum absolute atomic E-state index is 11.9. The molecule has 0 saturated heterocycles. The Hall–Kier alpha value is -2.79. The number of amides is 1. The molecule has 0 unspecified atom stereocenters. The normalized spacial score (nSPS) is 11.0. The van der Waals surface area contributed by atoms with E-state index in [9.17, 15) is 14.7 Å². The molecule has 0 bridgehead atoms. The number of hydrogen-bond donors (Lipinski definition) is 1. The molecule has 2 aromatic rings. The van der Waals surface area contributed by atoms with Gasteiger partial charge in [-0.15, -0.1) is 0 Å². The van der Waals surface area contributed by atoms with Crippen LogP contribution in [0.25, 0.3) is 5.76 Å². The van der Waals surface area contributed by atoms with Crippen LogP contribution in [0.2, 0.25) is 5.02 Å². The van der Waals surface area contributed by atoms with Crippen molar-refractivity contribution in [2.45, 2.75) is 0 Å². The van der Waals surface area contributed by atoms with Crippen molar-refractivity contribution in [1.82, 2.24) is 0 Å². The fourth-order valence-corrected chi connectivity index (χ4v) is 1.88. The van der Waals surface area contributed by atoms with Gasteiger partial charge in [-0.2, -0.15) is 0 Å². The van der Waals surface area contributed by atoms with Crippen molar-refractivity contribution in [2.24, 2.45) is 0 Å². The van der Waals surface area contributed by atoms with Gasteiger partial charge >= 0.3 is 0 Å². The predicted octanol–water partition coefficient (Wildman–Crippen LogP) is 2.26. The van der Waals surface area contributed by atoms with Crippen LogP contribution in [0, 0.1) is 0 Å². The maximum Gasteiger partial charge on any atom is 0.296 e. The van der Waals surface area contributed by atoms with Gasteiger partial charge in [0.05, 0.1) is 7.11 Å². The van der Waals surface area contributed by atoms with E-state index in [-0.39, 0.29) is 5.56 Å². The summed E-state index contributed by atoms with van der Waals surface area (Å²) in [6.07, 6.45) is 0.752. The maximum atomic E-state index is 11.9. The molecule has 0 saturated carbocycles. The number of ether oxygens (including phenoxy) is 1. The highest BCUT2D eigenvalue weighted by Gasteiger charge is 2.11. The Bertz CT molecular complexity index is 736. The van der Waals surface area contributed by atoms with E-state index in [2.05, 4.69) is 5.32 Å². The number of ketones is 1. The summed E-state index contributed by atoms with van der Waals surface area (Å²) in [4.78, 5) is 23.6. The summed E-state index contributed by atoms with van der Waals surface area (Å²) in [5.41, 5.74) is 0.705. The molecule has 0 radical (unpaired) electrons. The lowest BCUT2D eigenvalue weighted by atomic mass is 10.1. The summed E-state index contributed by atoms with van der Waals surface area (Å²) in [7, 11) is 1.52. The first-order chi connectivity index (χ1) is 11.0. The first-order valence-corrected chi connectivity index (χ1v) is 7.01. The van der Waals surface area contributed by atoms with Crippen LogP contribution in [0.5, 0.6) is 5.75 Å². The third-order valence-corrected chi connectivity index (χ3v) is 3.21. The topological polar surface area (TPSA) is 78.5 Å². The smallest absolute Gasteiger partial charge is 0.296 e. The van der Waals surface area contributed by atoms with Crippen molar-refractivity contribution in [1.29, 1.82) is 0 Å². The number of anilines is 1. The number of carbonyl (C=O) groups excluding carboxylic acids is 2. The van der Waals surface area contributed by atoms with Gasteiger partial charge in [-0.3, -0.25) is 9.59 Å². The molecule has 118 valence electrons. The van der Waals surface area contributed by atoms with E-state index in [1.54, 1.807) is 24.3 Å². The van der Waals surface area contributed by atoms with Crippen molar-refractivity contribution in [3.63, 3.8) is 0 Å². The number of nitrogens with one attached hydrogen (secondary N) is 1. The van der Waals surface area contributed by atoms with Crippen LogP contribution in [0.1, 0.15) is 5.56 Å². The van der Waals surface area contributed by atoms with Gasteiger partial charge in [0, 0.05) is 10.7 Å². The summed E-state index contributed by atoms with van der Waals surface area (Å²) < 4.78 is 4.99. The lowest BCUT2D eigenvalue weighted by Gasteiger charge is -2.11. The van der Waals surface area contributed by atoms with E-state index < -0.39 is 17.4 Å². The molecule has 0 heterocycles. The van der Waals surface area contributed by atoms with E-state index in [1.807, 2.05) is 0 Å². The Morgan fingerprint density at radius 2 is 1.70 bits per heavy atom. The van der Waals surface area contributed by atoms with Gasteiger partial charge in [0.2, 0.25) is 5.78 Å². The molecule has 0 aromatic heterocycles. The standard InChI is InChI=1S/C17H14ClNO4/c1-23-14-8-6-13(7-9-14)19-17(22)16(21)10-15(20)11-2-4-12(18)5-3-11/h2-10,20H,1H3,(H,19,22)/p-1/b15-10-. The molecule has 2 aromatic carbocycles. The Balaban J connectivity index is 2.05. The summed E-state index contributed by atoms with van der Waals surface area (Å²) >= 11 is 5.72. The Morgan fingerprint density at radius 1 is 1.09 bits per heavy atom. The second kappa shape index (κ2) is 7.47. The molecule has 0 aliphatic heterocycles. The van der Waals surface area contributed by atoms with Gasteiger partial charge in [-0.05, 0) is 48.0 Å². The van der Waals surface area contributed by atoms with Crippen molar-refractivity contribution < 1.29 is 19.4 Å². The summed E-state index contributed by atoms with van der Waals surface area (Å²) in [6, 6.07) is 12.5. The van der Waals surface area contributed by atoms with Crippen LogP contribution >= 0.6 is 11.6 Å². The highest BCUT2D eigenvalue weighted by atomic mass is 35.5. The van der Waals surface area contributed by atoms with Crippen molar-refractivity contribution >= 4 is 34.7 Å². The van der Waals surface area contributed by atoms with Crippen LogP contribution in [-0.4, -0.2) is 18.8 Å². The zero-order valence-corrected chi connectivity index (χ0v) is 13.0. The van der Waals surface area contributed by atoms with E-state index in [1.165, 1.54) is 31.4 Å². The third kappa shape index (κ3) is 4.59. The minimum Gasteiger partial charge on any atom is -0.872 e. The lowest BCUT2D eigenvalue weighted by Crippen LogP contribution is -2.22. The number of rotatable bonds is 5.